The van der Waals surface area contributed by atoms with Crippen molar-refractivity contribution in [3.8, 4) is 0 Å². The van der Waals surface area contributed by atoms with Crippen molar-refractivity contribution >= 4 is 27.5 Å². The maximum Gasteiger partial charge on any atom is 0.243 e. The third-order valence-corrected chi connectivity index (χ3v) is 8.98. The van der Waals surface area contributed by atoms with Gasteiger partial charge in [-0.1, -0.05) is 38.1 Å². The normalized spacial score (nSPS) is 19.1. The van der Waals surface area contributed by atoms with Crippen LogP contribution < -0.4 is 5.32 Å². The monoisotopic (exact) mass is 512 g/mol. The van der Waals surface area contributed by atoms with E-state index in [0.29, 0.717) is 38.2 Å². The van der Waals surface area contributed by atoms with Crippen molar-refractivity contribution in [3.05, 3.63) is 59.7 Å². The Morgan fingerprint density at radius 2 is 1.64 bits per heavy atom. The molecular weight excluding hydrogens is 476 g/mol. The Morgan fingerprint density at radius 1 is 0.944 bits per heavy atom. The van der Waals surface area contributed by atoms with Gasteiger partial charge in [0.25, 0.3) is 0 Å². The molecule has 2 heterocycles. The van der Waals surface area contributed by atoms with Crippen LogP contribution in [0.25, 0.3) is 0 Å². The van der Waals surface area contributed by atoms with Crippen LogP contribution in [0.3, 0.4) is 0 Å². The van der Waals surface area contributed by atoms with Crippen molar-refractivity contribution in [2.24, 2.45) is 0 Å². The van der Waals surface area contributed by atoms with E-state index in [9.17, 15) is 18.0 Å². The number of carbonyl (C=O) groups is 2. The van der Waals surface area contributed by atoms with Gasteiger partial charge in [-0.3, -0.25) is 14.5 Å². The largest absolute Gasteiger partial charge is 0.340 e. The summed E-state index contributed by atoms with van der Waals surface area (Å²) in [6, 6.07) is 13.5. The first kappa shape index (κ1) is 26.3. The number of sulfonamides is 1. The van der Waals surface area contributed by atoms with Crippen LogP contribution in [0.5, 0.6) is 0 Å². The molecule has 0 aromatic heterocycles. The molecule has 2 aromatic rings. The van der Waals surface area contributed by atoms with Gasteiger partial charge in [-0.25, -0.2) is 8.42 Å². The van der Waals surface area contributed by atoms with Crippen molar-refractivity contribution in [2.45, 2.75) is 50.5 Å². The minimum atomic E-state index is -3.86. The Labute approximate surface area is 214 Å². The number of nitrogens with zero attached hydrogens (tertiary/aromatic N) is 3. The zero-order chi connectivity index (χ0) is 25.7. The summed E-state index contributed by atoms with van der Waals surface area (Å²) in [4.78, 5) is 29.4. The highest BCUT2D eigenvalue weighted by molar-refractivity contribution is 7.89. The van der Waals surface area contributed by atoms with Crippen molar-refractivity contribution in [2.75, 3.05) is 44.6 Å². The highest BCUT2D eigenvalue weighted by Gasteiger charge is 2.38. The van der Waals surface area contributed by atoms with Crippen LogP contribution in [0.1, 0.15) is 50.3 Å². The standard InChI is InChI=1S/C27H36N4O4S/c1-3-14-29-16-18-30(19-17-29)27(33)20-25-24-8-6-5-7-21(24)13-15-31(25)36(34,35)23-11-9-22(10-12-23)28-26(32)4-2/h5-12,25H,3-4,13-20H2,1-2H3,(H,28,32). The summed E-state index contributed by atoms with van der Waals surface area (Å²) >= 11 is 0. The topological polar surface area (TPSA) is 90.0 Å². The van der Waals surface area contributed by atoms with Crippen molar-refractivity contribution < 1.29 is 18.0 Å². The number of carbonyl (C=O) groups excluding carboxylic acids is 2. The molecule has 1 atom stereocenters. The quantitative estimate of drug-likeness (QED) is 0.586. The fourth-order valence-electron chi connectivity index (χ4n) is 5.05. The Bertz CT molecular complexity index is 1170. The van der Waals surface area contributed by atoms with Gasteiger partial charge in [-0.05, 0) is 54.8 Å². The van der Waals surface area contributed by atoms with E-state index < -0.39 is 16.1 Å². The number of nitrogens with one attached hydrogen (secondary N) is 1. The molecule has 2 aliphatic rings. The van der Waals surface area contributed by atoms with E-state index in [2.05, 4.69) is 17.1 Å². The van der Waals surface area contributed by atoms with E-state index in [1.54, 1.807) is 19.1 Å². The Hall–Kier alpha value is -2.75. The van der Waals surface area contributed by atoms with E-state index in [4.69, 9.17) is 0 Å². The maximum absolute atomic E-state index is 13.8. The van der Waals surface area contributed by atoms with Crippen molar-refractivity contribution in [1.82, 2.24) is 14.1 Å². The lowest BCUT2D eigenvalue weighted by Gasteiger charge is -2.39. The lowest BCUT2D eigenvalue weighted by molar-refractivity contribution is -0.134. The second-order valence-electron chi connectivity index (χ2n) is 9.43. The van der Waals surface area contributed by atoms with Crippen LogP contribution in [0, 0.1) is 0 Å². The lowest BCUT2D eigenvalue weighted by Crippen LogP contribution is -2.50. The number of amides is 2. The fraction of sp³-hybridized carbons (Fsp3) is 0.481. The molecule has 2 aliphatic heterocycles. The molecule has 2 amide bonds. The number of anilines is 1. The predicted molar refractivity (Wildman–Crippen MR) is 140 cm³/mol. The summed E-state index contributed by atoms with van der Waals surface area (Å²) in [5, 5.41) is 2.74. The molecule has 0 saturated carbocycles. The molecule has 0 aliphatic carbocycles. The summed E-state index contributed by atoms with van der Waals surface area (Å²) in [7, 11) is -3.86. The molecule has 1 fully saturated rings. The van der Waals surface area contributed by atoms with Crippen LogP contribution in [0.4, 0.5) is 5.69 Å². The molecule has 0 bridgehead atoms. The predicted octanol–water partition coefficient (Wildman–Crippen LogP) is 3.27. The fourth-order valence-corrected chi connectivity index (χ4v) is 6.66. The summed E-state index contributed by atoms with van der Waals surface area (Å²) in [5.41, 5.74) is 2.54. The Morgan fingerprint density at radius 3 is 2.31 bits per heavy atom. The SMILES string of the molecule is CCCN1CCN(C(=O)CC2c3ccccc3CCN2S(=O)(=O)c2ccc(NC(=O)CC)cc2)CC1. The van der Waals surface area contributed by atoms with Gasteiger partial charge in [-0.15, -0.1) is 0 Å². The molecule has 36 heavy (non-hydrogen) atoms. The first-order valence-electron chi connectivity index (χ1n) is 12.8. The van der Waals surface area contributed by atoms with Gasteiger partial charge in [0.05, 0.1) is 10.9 Å². The number of fused-ring (bicyclic) bond motifs is 1. The molecule has 1 saturated heterocycles. The minimum Gasteiger partial charge on any atom is -0.340 e. The lowest BCUT2D eigenvalue weighted by atomic mass is 9.92. The van der Waals surface area contributed by atoms with E-state index in [1.165, 1.54) is 16.4 Å². The molecule has 2 aromatic carbocycles. The van der Waals surface area contributed by atoms with Gasteiger partial charge in [0.2, 0.25) is 21.8 Å². The van der Waals surface area contributed by atoms with Gasteiger partial charge < -0.3 is 10.2 Å². The average molecular weight is 513 g/mol. The number of rotatable bonds is 8. The van der Waals surface area contributed by atoms with Crippen LogP contribution in [0.2, 0.25) is 0 Å². The van der Waals surface area contributed by atoms with E-state index in [1.807, 2.05) is 29.2 Å². The van der Waals surface area contributed by atoms with Gasteiger partial charge in [0, 0.05) is 51.3 Å². The summed E-state index contributed by atoms with van der Waals surface area (Å²) < 4.78 is 29.0. The molecule has 4 rings (SSSR count). The minimum absolute atomic E-state index is 0.00863. The first-order valence-corrected chi connectivity index (χ1v) is 14.3. The van der Waals surface area contributed by atoms with Crippen LogP contribution in [0.15, 0.2) is 53.4 Å². The van der Waals surface area contributed by atoms with Crippen LogP contribution in [-0.2, 0) is 26.0 Å². The third kappa shape index (κ3) is 5.79. The summed E-state index contributed by atoms with van der Waals surface area (Å²) in [6.45, 7) is 8.31. The molecule has 9 heteroatoms. The van der Waals surface area contributed by atoms with E-state index in [-0.39, 0.29) is 23.1 Å². The first-order chi connectivity index (χ1) is 17.3. The van der Waals surface area contributed by atoms with Gasteiger partial charge in [-0.2, -0.15) is 4.31 Å². The van der Waals surface area contributed by atoms with Crippen LogP contribution in [-0.4, -0.2) is 73.6 Å². The van der Waals surface area contributed by atoms with Crippen molar-refractivity contribution in [1.29, 1.82) is 0 Å². The number of piperazine rings is 1. The number of hydrogen-bond donors (Lipinski definition) is 1. The zero-order valence-corrected chi connectivity index (χ0v) is 22.0. The Kier molecular flexibility index (Phi) is 8.43. The molecule has 8 nitrogen and oxygen atoms in total. The average Bonchev–Trinajstić information content (AvgIpc) is 2.89. The van der Waals surface area contributed by atoms with E-state index in [0.717, 1.165) is 37.2 Å². The van der Waals surface area contributed by atoms with E-state index >= 15 is 0 Å². The molecule has 0 radical (unpaired) electrons. The molecular formula is C27H36N4O4S. The second kappa shape index (κ2) is 11.5. The van der Waals surface area contributed by atoms with Gasteiger partial charge in [0.1, 0.15) is 0 Å². The zero-order valence-electron chi connectivity index (χ0n) is 21.2. The Balaban J connectivity index is 1.56. The third-order valence-electron chi connectivity index (χ3n) is 7.06. The number of hydrogen-bond acceptors (Lipinski definition) is 5. The second-order valence-corrected chi connectivity index (χ2v) is 11.3. The molecule has 194 valence electrons. The van der Waals surface area contributed by atoms with Crippen molar-refractivity contribution in [3.63, 3.8) is 0 Å². The smallest absolute Gasteiger partial charge is 0.243 e. The maximum atomic E-state index is 13.8. The molecule has 1 unspecified atom stereocenters. The number of benzene rings is 2. The molecule has 0 spiro atoms. The summed E-state index contributed by atoms with van der Waals surface area (Å²) in [6.07, 6.45) is 2.15. The van der Waals surface area contributed by atoms with Gasteiger partial charge in [0.15, 0.2) is 0 Å². The highest BCUT2D eigenvalue weighted by atomic mass is 32.2. The van der Waals surface area contributed by atoms with Gasteiger partial charge >= 0.3 is 0 Å². The highest BCUT2D eigenvalue weighted by Crippen LogP contribution is 2.37. The summed E-state index contributed by atoms with van der Waals surface area (Å²) in [5.74, 6) is -0.141. The molecule has 1 N–H and O–H groups in total. The van der Waals surface area contributed by atoms with Crippen LogP contribution >= 0.6 is 0 Å².